The molecule has 2 N–H and O–H groups in total. The minimum Gasteiger partial charge on any atom is -0.393 e. The van der Waals surface area contributed by atoms with Crippen molar-refractivity contribution in [2.75, 3.05) is 24.6 Å². The van der Waals surface area contributed by atoms with E-state index in [0.29, 0.717) is 18.7 Å². The van der Waals surface area contributed by atoms with E-state index in [9.17, 15) is 14.9 Å². The normalized spacial score (nSPS) is 17.8. The molecule has 1 saturated heterocycles. The summed E-state index contributed by atoms with van der Waals surface area (Å²) in [6.45, 7) is 5.46. The number of rotatable bonds is 2. The fourth-order valence-electron chi connectivity index (χ4n) is 2.21. The number of nitro groups is 1. The molecule has 1 aliphatic rings. The van der Waals surface area contributed by atoms with Crippen LogP contribution in [0.25, 0.3) is 0 Å². The maximum atomic E-state index is 12.4. The molecule has 0 radical (unpaired) electrons. The van der Waals surface area contributed by atoms with E-state index in [0.717, 1.165) is 5.75 Å². The molecule has 1 fully saturated rings. The largest absolute Gasteiger partial charge is 0.393 e. The molecule has 1 aliphatic heterocycles. The van der Waals surface area contributed by atoms with Gasteiger partial charge in [-0.25, -0.2) is 0 Å². The first kappa shape index (κ1) is 14.6. The number of hydrogen-bond acceptors (Lipinski definition) is 5. The predicted molar refractivity (Wildman–Crippen MR) is 79.9 cm³/mol. The van der Waals surface area contributed by atoms with Gasteiger partial charge in [0.25, 0.3) is 11.6 Å². The van der Waals surface area contributed by atoms with Crippen LogP contribution in [0, 0.1) is 10.1 Å². The van der Waals surface area contributed by atoms with Gasteiger partial charge in [-0.3, -0.25) is 14.9 Å². The molecule has 2 rings (SSSR count). The van der Waals surface area contributed by atoms with E-state index in [1.807, 2.05) is 11.8 Å². The summed E-state index contributed by atoms with van der Waals surface area (Å²) < 4.78 is 0.00759. The van der Waals surface area contributed by atoms with E-state index in [2.05, 4.69) is 13.8 Å². The van der Waals surface area contributed by atoms with Crippen LogP contribution in [-0.2, 0) is 0 Å². The van der Waals surface area contributed by atoms with E-state index in [1.54, 1.807) is 11.0 Å². The quantitative estimate of drug-likeness (QED) is 0.513. The standard InChI is InChI=1S/C13H17N3O3S/c1-13(2)8-15(5-6-20-13)12(17)9-3-4-10(14)11(7-9)16(18)19/h3-4,7H,5-6,8,14H2,1-2H3. The van der Waals surface area contributed by atoms with Crippen LogP contribution in [0.2, 0.25) is 0 Å². The summed E-state index contributed by atoms with van der Waals surface area (Å²) in [5, 5.41) is 10.9. The number of thioether (sulfide) groups is 1. The van der Waals surface area contributed by atoms with Crippen LogP contribution in [0.4, 0.5) is 11.4 Å². The van der Waals surface area contributed by atoms with Crippen molar-refractivity contribution in [2.24, 2.45) is 0 Å². The summed E-state index contributed by atoms with van der Waals surface area (Å²) in [7, 11) is 0. The Labute approximate surface area is 121 Å². The molecule has 0 atom stereocenters. The fraction of sp³-hybridized carbons (Fsp3) is 0.462. The van der Waals surface area contributed by atoms with Crippen molar-refractivity contribution in [3.8, 4) is 0 Å². The molecular weight excluding hydrogens is 278 g/mol. The molecule has 20 heavy (non-hydrogen) atoms. The number of nitrogen functional groups attached to an aromatic ring is 1. The zero-order valence-electron chi connectivity index (χ0n) is 11.5. The van der Waals surface area contributed by atoms with Crippen molar-refractivity contribution in [3.05, 3.63) is 33.9 Å². The van der Waals surface area contributed by atoms with Gasteiger partial charge in [-0.2, -0.15) is 11.8 Å². The van der Waals surface area contributed by atoms with Crippen LogP contribution in [0.1, 0.15) is 24.2 Å². The van der Waals surface area contributed by atoms with E-state index >= 15 is 0 Å². The number of carbonyl (C=O) groups excluding carboxylic acids is 1. The van der Waals surface area contributed by atoms with E-state index in [-0.39, 0.29) is 22.0 Å². The summed E-state index contributed by atoms with van der Waals surface area (Å²) in [5.74, 6) is 0.692. The van der Waals surface area contributed by atoms with Crippen LogP contribution in [-0.4, -0.2) is 39.3 Å². The third-order valence-electron chi connectivity index (χ3n) is 3.19. The molecule has 0 saturated carbocycles. The number of nitrogens with zero attached hydrogens (tertiary/aromatic N) is 2. The second-order valence-corrected chi connectivity index (χ2v) is 7.17. The zero-order chi connectivity index (χ0) is 14.9. The molecule has 1 heterocycles. The van der Waals surface area contributed by atoms with Gasteiger partial charge in [-0.05, 0) is 26.0 Å². The number of hydrogen-bond donors (Lipinski definition) is 1. The average molecular weight is 295 g/mol. The van der Waals surface area contributed by atoms with E-state index < -0.39 is 4.92 Å². The third-order valence-corrected chi connectivity index (χ3v) is 4.48. The summed E-state index contributed by atoms with van der Waals surface area (Å²) in [5.41, 5.74) is 5.71. The van der Waals surface area contributed by atoms with Crippen LogP contribution in [0.5, 0.6) is 0 Å². The van der Waals surface area contributed by atoms with Gasteiger partial charge >= 0.3 is 0 Å². The van der Waals surface area contributed by atoms with Crippen molar-refractivity contribution in [1.29, 1.82) is 0 Å². The van der Waals surface area contributed by atoms with Gasteiger partial charge in [0.2, 0.25) is 0 Å². The van der Waals surface area contributed by atoms with Gasteiger partial charge in [-0.15, -0.1) is 0 Å². The Kier molecular flexibility index (Phi) is 3.89. The minimum atomic E-state index is -0.567. The molecule has 0 spiro atoms. The Morgan fingerprint density at radius 1 is 1.50 bits per heavy atom. The van der Waals surface area contributed by atoms with Gasteiger partial charge in [0.05, 0.1) is 4.92 Å². The van der Waals surface area contributed by atoms with Crippen molar-refractivity contribution in [3.63, 3.8) is 0 Å². The Balaban J connectivity index is 2.25. The SMILES string of the molecule is CC1(C)CN(C(=O)c2ccc(N)c([N+](=O)[O-])c2)CCS1. The number of nitro benzene ring substituents is 1. The number of benzene rings is 1. The lowest BCUT2D eigenvalue weighted by molar-refractivity contribution is -0.383. The maximum absolute atomic E-state index is 12.4. The molecule has 0 aliphatic carbocycles. The van der Waals surface area contributed by atoms with Gasteiger partial charge in [0, 0.05) is 35.2 Å². The average Bonchev–Trinajstić information content (AvgIpc) is 2.37. The first-order valence-corrected chi connectivity index (χ1v) is 7.26. The lowest BCUT2D eigenvalue weighted by Gasteiger charge is -2.37. The lowest BCUT2D eigenvalue weighted by atomic mass is 10.1. The number of amides is 1. The Morgan fingerprint density at radius 3 is 2.80 bits per heavy atom. The lowest BCUT2D eigenvalue weighted by Crippen LogP contribution is -2.46. The number of nitrogens with two attached hydrogens (primary N) is 1. The Morgan fingerprint density at radius 2 is 2.20 bits per heavy atom. The van der Waals surface area contributed by atoms with Gasteiger partial charge in [0.15, 0.2) is 0 Å². The maximum Gasteiger partial charge on any atom is 0.292 e. The molecule has 0 aromatic heterocycles. The van der Waals surface area contributed by atoms with Gasteiger partial charge in [0.1, 0.15) is 5.69 Å². The highest BCUT2D eigenvalue weighted by Gasteiger charge is 2.30. The molecule has 108 valence electrons. The monoisotopic (exact) mass is 295 g/mol. The van der Waals surface area contributed by atoms with Crippen LogP contribution in [0.15, 0.2) is 18.2 Å². The molecular formula is C13H17N3O3S. The predicted octanol–water partition coefficient (Wildman–Crippen LogP) is 2.14. The van der Waals surface area contributed by atoms with Gasteiger partial charge < -0.3 is 10.6 Å². The molecule has 1 aromatic carbocycles. The molecule has 0 unspecified atom stereocenters. The van der Waals surface area contributed by atoms with Gasteiger partial charge in [-0.1, -0.05) is 0 Å². The highest BCUT2D eigenvalue weighted by Crippen LogP contribution is 2.31. The Bertz CT molecular complexity index is 560. The van der Waals surface area contributed by atoms with E-state index in [1.165, 1.54) is 12.1 Å². The van der Waals surface area contributed by atoms with Crippen LogP contribution in [0.3, 0.4) is 0 Å². The van der Waals surface area contributed by atoms with Crippen molar-refractivity contribution >= 4 is 29.0 Å². The molecule has 1 aromatic rings. The van der Waals surface area contributed by atoms with Crippen LogP contribution >= 0.6 is 11.8 Å². The summed E-state index contributed by atoms with van der Waals surface area (Å²) >= 11 is 1.83. The minimum absolute atomic E-state index is 0.00759. The summed E-state index contributed by atoms with van der Waals surface area (Å²) in [6, 6.07) is 4.21. The highest BCUT2D eigenvalue weighted by atomic mass is 32.2. The number of anilines is 1. The molecule has 1 amide bonds. The van der Waals surface area contributed by atoms with Crippen LogP contribution < -0.4 is 5.73 Å². The van der Waals surface area contributed by atoms with Crippen molar-refractivity contribution < 1.29 is 9.72 Å². The first-order valence-electron chi connectivity index (χ1n) is 6.27. The molecule has 7 heteroatoms. The summed E-state index contributed by atoms with van der Waals surface area (Å²) in [4.78, 5) is 24.5. The zero-order valence-corrected chi connectivity index (χ0v) is 12.3. The highest BCUT2D eigenvalue weighted by molar-refractivity contribution is 8.00. The van der Waals surface area contributed by atoms with Crippen molar-refractivity contribution in [2.45, 2.75) is 18.6 Å². The van der Waals surface area contributed by atoms with E-state index in [4.69, 9.17) is 5.73 Å². The summed E-state index contributed by atoms with van der Waals surface area (Å²) in [6.07, 6.45) is 0. The first-order chi connectivity index (χ1) is 9.30. The molecule has 0 bridgehead atoms. The number of carbonyl (C=O) groups is 1. The second kappa shape index (κ2) is 5.32. The fourth-order valence-corrected chi connectivity index (χ4v) is 3.32. The topological polar surface area (TPSA) is 89.5 Å². The smallest absolute Gasteiger partial charge is 0.292 e. The Hall–Kier alpha value is -1.76. The molecule has 6 nitrogen and oxygen atoms in total. The van der Waals surface area contributed by atoms with Crippen molar-refractivity contribution in [1.82, 2.24) is 4.90 Å². The third kappa shape index (κ3) is 3.04. The second-order valence-electron chi connectivity index (χ2n) is 5.37.